The van der Waals surface area contributed by atoms with E-state index in [1.165, 1.54) is 6.92 Å². The van der Waals surface area contributed by atoms with Gasteiger partial charge in [-0.1, -0.05) is 0 Å². The summed E-state index contributed by atoms with van der Waals surface area (Å²) in [6.07, 6.45) is -0.725. The Kier molecular flexibility index (Phi) is 3.57. The lowest BCUT2D eigenvalue weighted by Crippen LogP contribution is -2.28. The molecule has 1 rings (SSSR count). The molecule has 2 N–H and O–H groups in total. The molecule has 2 atom stereocenters. The van der Waals surface area contributed by atoms with Gasteiger partial charge < -0.3 is 10.4 Å². The molecule has 0 aliphatic heterocycles. The minimum atomic E-state index is -1.23. The second-order valence-electron chi connectivity index (χ2n) is 3.42. The summed E-state index contributed by atoms with van der Waals surface area (Å²) in [5, 5.41) is 11.7. The molecule has 1 aromatic rings. The van der Waals surface area contributed by atoms with Crippen molar-refractivity contribution in [2.24, 2.45) is 0 Å². The zero-order chi connectivity index (χ0) is 11.6. The van der Waals surface area contributed by atoms with Crippen molar-refractivity contribution in [3.8, 4) is 0 Å². The summed E-state index contributed by atoms with van der Waals surface area (Å²) in [6, 6.07) is 0.736. The Hall–Kier alpha value is -1.23. The molecular weight excluding hydrogens is 207 g/mol. The van der Waals surface area contributed by atoms with Gasteiger partial charge in [-0.2, -0.15) is 0 Å². The Bertz CT molecular complexity index is 355. The Morgan fingerprint density at radius 2 is 1.60 bits per heavy atom. The van der Waals surface area contributed by atoms with Gasteiger partial charge in [0.15, 0.2) is 11.6 Å². The zero-order valence-electron chi connectivity index (χ0n) is 8.39. The van der Waals surface area contributed by atoms with Gasteiger partial charge in [-0.05, 0) is 13.8 Å². The number of aliphatic hydroxyl groups is 1. The van der Waals surface area contributed by atoms with Crippen LogP contribution in [0.3, 0.4) is 0 Å². The van der Waals surface area contributed by atoms with Gasteiger partial charge in [0.05, 0.1) is 11.8 Å². The third-order valence-corrected chi connectivity index (χ3v) is 2.12. The number of benzene rings is 1. The molecule has 0 amide bonds. The van der Waals surface area contributed by atoms with E-state index in [1.807, 2.05) is 0 Å². The summed E-state index contributed by atoms with van der Waals surface area (Å²) >= 11 is 0. The summed E-state index contributed by atoms with van der Waals surface area (Å²) in [6.45, 7) is 3.11. The van der Waals surface area contributed by atoms with Gasteiger partial charge in [0.25, 0.3) is 0 Å². The predicted octanol–water partition coefficient (Wildman–Crippen LogP) is 2.29. The first-order valence-electron chi connectivity index (χ1n) is 4.51. The van der Waals surface area contributed by atoms with E-state index in [1.54, 1.807) is 6.92 Å². The van der Waals surface area contributed by atoms with Crippen LogP contribution in [0.1, 0.15) is 13.8 Å². The van der Waals surface area contributed by atoms with Crippen LogP contribution in [-0.4, -0.2) is 17.3 Å². The van der Waals surface area contributed by atoms with Crippen molar-refractivity contribution in [2.75, 3.05) is 5.32 Å². The number of halogens is 3. The van der Waals surface area contributed by atoms with Crippen molar-refractivity contribution in [2.45, 2.75) is 26.0 Å². The van der Waals surface area contributed by atoms with Gasteiger partial charge in [-0.25, -0.2) is 13.2 Å². The summed E-state index contributed by atoms with van der Waals surface area (Å²) < 4.78 is 38.4. The normalized spacial score (nSPS) is 14.8. The van der Waals surface area contributed by atoms with E-state index in [4.69, 9.17) is 5.11 Å². The summed E-state index contributed by atoms with van der Waals surface area (Å²) in [4.78, 5) is 0. The Morgan fingerprint density at radius 3 is 2.13 bits per heavy atom. The summed E-state index contributed by atoms with van der Waals surface area (Å²) in [5.74, 6) is -3.25. The van der Waals surface area contributed by atoms with Crippen molar-refractivity contribution in [1.29, 1.82) is 0 Å². The highest BCUT2D eigenvalue weighted by Crippen LogP contribution is 2.19. The molecule has 0 aliphatic rings. The molecule has 0 saturated carbocycles. The minimum Gasteiger partial charge on any atom is -0.391 e. The number of rotatable bonds is 3. The lowest BCUT2D eigenvalue weighted by molar-refractivity contribution is 0.177. The molecule has 1 aromatic carbocycles. The zero-order valence-corrected chi connectivity index (χ0v) is 8.39. The van der Waals surface area contributed by atoms with Gasteiger partial charge >= 0.3 is 0 Å². The summed E-state index contributed by atoms with van der Waals surface area (Å²) in [5.41, 5.74) is -0.165. The van der Waals surface area contributed by atoms with Crippen LogP contribution < -0.4 is 5.32 Å². The maximum atomic E-state index is 13.1. The minimum absolute atomic E-state index is 0.165. The van der Waals surface area contributed by atoms with E-state index in [2.05, 4.69) is 5.32 Å². The second kappa shape index (κ2) is 4.53. The molecule has 0 heterocycles. The molecule has 0 radical (unpaired) electrons. The molecule has 2 nitrogen and oxygen atoms in total. The third kappa shape index (κ3) is 2.86. The fourth-order valence-corrected chi connectivity index (χ4v) is 0.999. The number of hydrogen-bond donors (Lipinski definition) is 2. The van der Waals surface area contributed by atoms with E-state index in [9.17, 15) is 13.2 Å². The second-order valence-corrected chi connectivity index (χ2v) is 3.42. The Balaban J connectivity index is 2.91. The number of hydrogen-bond acceptors (Lipinski definition) is 2. The van der Waals surface area contributed by atoms with E-state index in [-0.39, 0.29) is 5.69 Å². The molecule has 0 saturated heterocycles. The first kappa shape index (κ1) is 11.8. The standard InChI is InChI=1S/C10H12F3NO/c1-5(6(2)15)14-10-4-8(12)7(11)3-9(10)13/h3-6,14-15H,1-2H3. The Labute approximate surface area is 85.7 Å². The number of aliphatic hydroxyl groups excluding tert-OH is 1. The van der Waals surface area contributed by atoms with Crippen LogP contribution in [0.5, 0.6) is 0 Å². The van der Waals surface area contributed by atoms with E-state index < -0.39 is 29.6 Å². The molecule has 0 fully saturated rings. The molecule has 5 heteroatoms. The molecule has 0 bridgehead atoms. The van der Waals surface area contributed by atoms with Crippen molar-refractivity contribution in [3.05, 3.63) is 29.6 Å². The molecule has 15 heavy (non-hydrogen) atoms. The van der Waals surface area contributed by atoms with E-state index >= 15 is 0 Å². The van der Waals surface area contributed by atoms with Gasteiger partial charge in [-0.3, -0.25) is 0 Å². The maximum absolute atomic E-state index is 13.1. The highest BCUT2D eigenvalue weighted by atomic mass is 19.2. The topological polar surface area (TPSA) is 32.3 Å². The van der Waals surface area contributed by atoms with Crippen molar-refractivity contribution in [1.82, 2.24) is 0 Å². The lowest BCUT2D eigenvalue weighted by atomic mass is 10.2. The highest BCUT2D eigenvalue weighted by molar-refractivity contribution is 5.46. The lowest BCUT2D eigenvalue weighted by Gasteiger charge is -2.18. The average Bonchev–Trinajstić information content (AvgIpc) is 2.13. The molecule has 0 spiro atoms. The first-order valence-corrected chi connectivity index (χ1v) is 4.51. The van der Waals surface area contributed by atoms with Crippen LogP contribution in [0.15, 0.2) is 12.1 Å². The predicted molar refractivity (Wildman–Crippen MR) is 51.1 cm³/mol. The first-order chi connectivity index (χ1) is 6.91. The highest BCUT2D eigenvalue weighted by Gasteiger charge is 2.14. The number of nitrogens with one attached hydrogen (secondary N) is 1. The van der Waals surface area contributed by atoms with Crippen LogP contribution in [0.25, 0.3) is 0 Å². The molecule has 84 valence electrons. The smallest absolute Gasteiger partial charge is 0.161 e. The SMILES string of the molecule is CC(O)C(C)Nc1cc(F)c(F)cc1F. The quantitative estimate of drug-likeness (QED) is 0.764. The third-order valence-electron chi connectivity index (χ3n) is 2.12. The fourth-order valence-electron chi connectivity index (χ4n) is 0.999. The molecule has 2 unspecified atom stereocenters. The van der Waals surface area contributed by atoms with Crippen molar-refractivity contribution >= 4 is 5.69 Å². The maximum Gasteiger partial charge on any atom is 0.161 e. The molecule has 0 aromatic heterocycles. The van der Waals surface area contributed by atoms with E-state index in [0.29, 0.717) is 6.07 Å². The van der Waals surface area contributed by atoms with Crippen LogP contribution in [0, 0.1) is 17.5 Å². The summed E-state index contributed by atoms with van der Waals surface area (Å²) in [7, 11) is 0. The Morgan fingerprint density at radius 1 is 1.07 bits per heavy atom. The van der Waals surface area contributed by atoms with Crippen LogP contribution in [0.4, 0.5) is 18.9 Å². The van der Waals surface area contributed by atoms with Crippen molar-refractivity contribution < 1.29 is 18.3 Å². The average molecular weight is 219 g/mol. The van der Waals surface area contributed by atoms with Gasteiger partial charge in [-0.15, -0.1) is 0 Å². The van der Waals surface area contributed by atoms with Crippen molar-refractivity contribution in [3.63, 3.8) is 0 Å². The molecular formula is C10H12F3NO. The monoisotopic (exact) mass is 219 g/mol. The number of anilines is 1. The van der Waals surface area contributed by atoms with Crippen LogP contribution in [-0.2, 0) is 0 Å². The van der Waals surface area contributed by atoms with Crippen LogP contribution in [0.2, 0.25) is 0 Å². The van der Waals surface area contributed by atoms with E-state index in [0.717, 1.165) is 6.07 Å². The largest absolute Gasteiger partial charge is 0.391 e. The van der Waals surface area contributed by atoms with Gasteiger partial charge in [0, 0.05) is 18.2 Å². The molecule has 0 aliphatic carbocycles. The van der Waals surface area contributed by atoms with Gasteiger partial charge in [0.2, 0.25) is 0 Å². The van der Waals surface area contributed by atoms with Gasteiger partial charge in [0.1, 0.15) is 5.82 Å². The van der Waals surface area contributed by atoms with Crippen LogP contribution >= 0.6 is 0 Å². The fraction of sp³-hybridized carbons (Fsp3) is 0.400.